The van der Waals surface area contributed by atoms with E-state index in [1.165, 1.54) is 0 Å². The Morgan fingerprint density at radius 1 is 1.45 bits per heavy atom. The molecule has 2 heterocycles. The molecule has 3 rings (SSSR count). The Kier molecular flexibility index (Phi) is 3.75. The highest BCUT2D eigenvalue weighted by molar-refractivity contribution is 14.1. The van der Waals surface area contributed by atoms with Crippen LogP contribution in [0, 0.1) is 2.88 Å². The summed E-state index contributed by atoms with van der Waals surface area (Å²) in [6.45, 7) is 1.99. The van der Waals surface area contributed by atoms with Crippen LogP contribution in [0.25, 0.3) is 11.1 Å². The van der Waals surface area contributed by atoms with Gasteiger partial charge in [0.2, 0.25) is 0 Å². The van der Waals surface area contributed by atoms with Gasteiger partial charge in [0.1, 0.15) is 5.52 Å². The first-order valence-corrected chi connectivity index (χ1v) is 8.06. The number of carbonyl (C=O) groups excluding carboxylic acids is 1. The maximum Gasteiger partial charge on any atom is 0.256 e. The van der Waals surface area contributed by atoms with Gasteiger partial charge in [0.05, 0.1) is 8.45 Å². The molecule has 0 aliphatic rings. The van der Waals surface area contributed by atoms with E-state index in [1.54, 1.807) is 11.3 Å². The number of hydrogen-bond donors (Lipinski definition) is 1. The van der Waals surface area contributed by atoms with E-state index >= 15 is 0 Å². The van der Waals surface area contributed by atoms with E-state index in [2.05, 4.69) is 32.9 Å². The number of thiophene rings is 1. The van der Waals surface area contributed by atoms with Crippen molar-refractivity contribution in [2.24, 2.45) is 0 Å². The molecule has 1 amide bonds. The SMILES string of the molecule is CCc1nc2cc(NC(=O)c3csc(I)c3)ccc2o1. The van der Waals surface area contributed by atoms with Crippen molar-refractivity contribution in [3.63, 3.8) is 0 Å². The molecule has 1 aromatic carbocycles. The third kappa shape index (κ3) is 2.71. The fourth-order valence-electron chi connectivity index (χ4n) is 1.84. The second-order valence-corrected chi connectivity index (χ2v) is 7.04. The summed E-state index contributed by atoms with van der Waals surface area (Å²) in [7, 11) is 0. The minimum absolute atomic E-state index is 0.109. The number of amides is 1. The molecule has 1 N–H and O–H groups in total. The summed E-state index contributed by atoms with van der Waals surface area (Å²) < 4.78 is 6.63. The second kappa shape index (κ2) is 5.53. The number of nitrogens with one attached hydrogen (secondary N) is 1. The number of nitrogens with zero attached hydrogens (tertiary/aromatic N) is 1. The number of oxazole rings is 1. The Labute approximate surface area is 133 Å². The van der Waals surface area contributed by atoms with Gasteiger partial charge in [-0.2, -0.15) is 0 Å². The number of carbonyl (C=O) groups is 1. The molecule has 0 saturated carbocycles. The Bertz CT molecular complexity index is 778. The Morgan fingerprint density at radius 3 is 3.00 bits per heavy atom. The maximum absolute atomic E-state index is 12.1. The first-order valence-electron chi connectivity index (χ1n) is 6.10. The van der Waals surface area contributed by atoms with E-state index < -0.39 is 0 Å². The topological polar surface area (TPSA) is 55.1 Å². The third-order valence-corrected chi connectivity index (χ3v) is 4.61. The zero-order chi connectivity index (χ0) is 14.1. The van der Waals surface area contributed by atoms with Crippen molar-refractivity contribution >= 4 is 56.6 Å². The molecule has 3 aromatic rings. The van der Waals surface area contributed by atoms with Crippen molar-refractivity contribution < 1.29 is 9.21 Å². The highest BCUT2D eigenvalue weighted by Gasteiger charge is 2.10. The minimum atomic E-state index is -0.109. The summed E-state index contributed by atoms with van der Waals surface area (Å²) >= 11 is 3.75. The van der Waals surface area contributed by atoms with Crippen molar-refractivity contribution in [1.29, 1.82) is 0 Å². The quantitative estimate of drug-likeness (QED) is 0.669. The van der Waals surface area contributed by atoms with Gasteiger partial charge >= 0.3 is 0 Å². The van der Waals surface area contributed by atoms with Crippen LogP contribution in [0.2, 0.25) is 0 Å². The molecule has 6 heteroatoms. The van der Waals surface area contributed by atoms with Crippen molar-refractivity contribution in [1.82, 2.24) is 4.98 Å². The predicted octanol–water partition coefficient (Wildman–Crippen LogP) is 4.31. The summed E-state index contributed by atoms with van der Waals surface area (Å²) in [5, 5.41) is 4.72. The fraction of sp³-hybridized carbons (Fsp3) is 0.143. The Morgan fingerprint density at radius 2 is 2.30 bits per heavy atom. The first-order chi connectivity index (χ1) is 9.65. The van der Waals surface area contributed by atoms with Crippen molar-refractivity contribution in [3.8, 4) is 0 Å². The summed E-state index contributed by atoms with van der Waals surface area (Å²) in [6, 6.07) is 7.34. The van der Waals surface area contributed by atoms with Crippen LogP contribution in [0.3, 0.4) is 0 Å². The van der Waals surface area contributed by atoms with Gasteiger partial charge in [0.15, 0.2) is 11.5 Å². The predicted molar refractivity (Wildman–Crippen MR) is 88.4 cm³/mol. The average Bonchev–Trinajstić information content (AvgIpc) is 3.03. The number of rotatable bonds is 3. The van der Waals surface area contributed by atoms with E-state index in [9.17, 15) is 4.79 Å². The lowest BCUT2D eigenvalue weighted by atomic mass is 10.2. The molecule has 0 unspecified atom stereocenters. The normalized spacial score (nSPS) is 10.9. The van der Waals surface area contributed by atoms with Crippen molar-refractivity contribution in [3.05, 3.63) is 44.0 Å². The molecule has 102 valence electrons. The van der Waals surface area contributed by atoms with E-state index in [-0.39, 0.29) is 5.91 Å². The number of benzene rings is 1. The largest absolute Gasteiger partial charge is 0.441 e. The molecular weight excluding hydrogens is 387 g/mol. The zero-order valence-electron chi connectivity index (χ0n) is 10.6. The summed E-state index contributed by atoms with van der Waals surface area (Å²) in [4.78, 5) is 16.4. The third-order valence-electron chi connectivity index (χ3n) is 2.82. The highest BCUT2D eigenvalue weighted by atomic mass is 127. The zero-order valence-corrected chi connectivity index (χ0v) is 13.6. The number of fused-ring (bicyclic) bond motifs is 1. The van der Waals surface area contributed by atoms with Crippen LogP contribution in [0.4, 0.5) is 5.69 Å². The molecule has 0 radical (unpaired) electrons. The van der Waals surface area contributed by atoms with Gasteiger partial charge in [-0.15, -0.1) is 11.3 Å². The molecule has 0 bridgehead atoms. The minimum Gasteiger partial charge on any atom is -0.441 e. The number of anilines is 1. The van der Waals surface area contributed by atoms with Crippen LogP contribution >= 0.6 is 33.9 Å². The first kappa shape index (κ1) is 13.6. The van der Waals surface area contributed by atoms with Gasteiger partial charge in [-0.05, 0) is 46.9 Å². The van der Waals surface area contributed by atoms with E-state index in [0.717, 1.165) is 26.1 Å². The highest BCUT2D eigenvalue weighted by Crippen LogP contribution is 2.22. The summed E-state index contributed by atoms with van der Waals surface area (Å²) in [5.41, 5.74) is 2.90. The van der Waals surface area contributed by atoms with Crippen LogP contribution in [0.1, 0.15) is 23.2 Å². The molecule has 0 saturated heterocycles. The van der Waals surface area contributed by atoms with Gasteiger partial charge in [-0.1, -0.05) is 6.92 Å². The maximum atomic E-state index is 12.1. The van der Waals surface area contributed by atoms with E-state index in [0.29, 0.717) is 11.5 Å². The fourth-order valence-corrected chi connectivity index (χ4v) is 3.16. The van der Waals surface area contributed by atoms with Gasteiger partial charge in [0.25, 0.3) is 5.91 Å². The molecule has 20 heavy (non-hydrogen) atoms. The van der Waals surface area contributed by atoms with Crippen LogP contribution in [-0.2, 0) is 6.42 Å². The smallest absolute Gasteiger partial charge is 0.256 e. The standard InChI is InChI=1S/C14H11IN2O2S/c1-2-13-17-10-6-9(3-4-11(10)19-13)16-14(18)8-5-12(15)20-7-8/h3-7H,2H2,1H3,(H,16,18). The van der Waals surface area contributed by atoms with E-state index in [1.807, 2.05) is 36.6 Å². The van der Waals surface area contributed by atoms with Crippen LogP contribution in [0.15, 0.2) is 34.1 Å². The second-order valence-electron chi connectivity index (χ2n) is 4.24. The van der Waals surface area contributed by atoms with Crippen molar-refractivity contribution in [2.75, 3.05) is 5.32 Å². The molecular formula is C14H11IN2O2S. The van der Waals surface area contributed by atoms with Gasteiger partial charge in [-0.25, -0.2) is 4.98 Å². The monoisotopic (exact) mass is 398 g/mol. The molecule has 4 nitrogen and oxygen atoms in total. The number of aryl methyl sites for hydroxylation is 1. The summed E-state index contributed by atoms with van der Waals surface area (Å²) in [5.74, 6) is 0.596. The molecule has 0 atom stereocenters. The lowest BCUT2D eigenvalue weighted by molar-refractivity contribution is 0.102. The van der Waals surface area contributed by atoms with Gasteiger partial charge in [-0.3, -0.25) is 4.79 Å². The van der Waals surface area contributed by atoms with Gasteiger partial charge < -0.3 is 9.73 Å². The average molecular weight is 398 g/mol. The number of halogens is 1. The molecule has 0 aliphatic heterocycles. The van der Waals surface area contributed by atoms with E-state index in [4.69, 9.17) is 4.42 Å². The number of aromatic nitrogens is 1. The molecule has 0 aliphatic carbocycles. The van der Waals surface area contributed by atoms with Crippen LogP contribution in [0.5, 0.6) is 0 Å². The Hall–Kier alpha value is -1.41. The lowest BCUT2D eigenvalue weighted by Crippen LogP contribution is -2.10. The lowest BCUT2D eigenvalue weighted by Gasteiger charge is -2.02. The molecule has 0 fully saturated rings. The van der Waals surface area contributed by atoms with Crippen LogP contribution < -0.4 is 5.32 Å². The van der Waals surface area contributed by atoms with Crippen LogP contribution in [-0.4, -0.2) is 10.9 Å². The summed E-state index contributed by atoms with van der Waals surface area (Å²) in [6.07, 6.45) is 0.754. The molecule has 0 spiro atoms. The van der Waals surface area contributed by atoms with Gasteiger partial charge in [0, 0.05) is 17.5 Å². The number of hydrogen-bond acceptors (Lipinski definition) is 4. The van der Waals surface area contributed by atoms with Crippen molar-refractivity contribution in [2.45, 2.75) is 13.3 Å². The molecule has 2 aromatic heterocycles. The Balaban J connectivity index is 1.85.